The Morgan fingerprint density at radius 1 is 1.11 bits per heavy atom. The van der Waals surface area contributed by atoms with Crippen LogP contribution in [0.5, 0.6) is 0 Å². The van der Waals surface area contributed by atoms with Crippen molar-refractivity contribution in [1.82, 2.24) is 0 Å². The molecule has 18 heavy (non-hydrogen) atoms. The quantitative estimate of drug-likeness (QED) is 0.744. The summed E-state index contributed by atoms with van der Waals surface area (Å²) in [6.07, 6.45) is 0.977. The lowest BCUT2D eigenvalue weighted by molar-refractivity contribution is 0.103. The molecule has 0 aromatic heterocycles. The molecule has 0 atom stereocenters. The fraction of sp³-hybridized carbons (Fsp3) is 0.188. The molecule has 0 radical (unpaired) electrons. The smallest absolute Gasteiger partial charge is 0.193 e. The van der Waals surface area contributed by atoms with Gasteiger partial charge in [-0.3, -0.25) is 4.79 Å². The van der Waals surface area contributed by atoms with Crippen LogP contribution in [0.2, 0.25) is 5.02 Å². The van der Waals surface area contributed by atoms with Crippen LogP contribution in [0.1, 0.15) is 34.0 Å². The first kappa shape index (κ1) is 12.8. The van der Waals surface area contributed by atoms with E-state index in [9.17, 15) is 4.79 Å². The molecule has 1 nitrogen and oxygen atoms in total. The van der Waals surface area contributed by atoms with Crippen molar-refractivity contribution in [3.05, 3.63) is 69.7 Å². The summed E-state index contributed by atoms with van der Waals surface area (Å²) in [5.74, 6) is 0.0256. The zero-order valence-corrected chi connectivity index (χ0v) is 11.3. The number of carbonyl (C=O) groups excluding carboxylic acids is 1. The Morgan fingerprint density at radius 3 is 2.39 bits per heavy atom. The second-order valence-electron chi connectivity index (χ2n) is 4.29. The number of ketones is 1. The second kappa shape index (κ2) is 5.36. The predicted molar refractivity (Wildman–Crippen MR) is 75.4 cm³/mol. The zero-order valence-electron chi connectivity index (χ0n) is 10.5. The number of carbonyl (C=O) groups is 1. The Labute approximate surface area is 112 Å². The Hall–Kier alpha value is -1.60. The van der Waals surface area contributed by atoms with Crippen molar-refractivity contribution < 1.29 is 4.79 Å². The summed E-state index contributed by atoms with van der Waals surface area (Å²) >= 11 is 6.04. The predicted octanol–water partition coefficient (Wildman–Crippen LogP) is 4.44. The standard InChI is InChI=1S/C16H15ClO/c1-3-12-7-9-13(10-8-12)16(18)14-5-4-6-15(17)11(14)2/h4-10H,3H2,1-2H3. The lowest BCUT2D eigenvalue weighted by Crippen LogP contribution is -2.04. The molecule has 0 N–H and O–H groups in total. The number of aryl methyl sites for hydroxylation is 1. The molecular formula is C16H15ClO. The minimum Gasteiger partial charge on any atom is -0.289 e. The molecule has 0 aliphatic carbocycles. The molecule has 0 saturated carbocycles. The minimum atomic E-state index is 0.0256. The lowest BCUT2D eigenvalue weighted by atomic mass is 9.98. The SMILES string of the molecule is CCc1ccc(C(=O)c2cccc(Cl)c2C)cc1. The van der Waals surface area contributed by atoms with Crippen LogP contribution in [-0.4, -0.2) is 5.78 Å². The highest BCUT2D eigenvalue weighted by Gasteiger charge is 2.12. The summed E-state index contributed by atoms with van der Waals surface area (Å²) in [6.45, 7) is 3.97. The van der Waals surface area contributed by atoms with Gasteiger partial charge in [0.1, 0.15) is 0 Å². The van der Waals surface area contributed by atoms with Gasteiger partial charge in [-0.2, -0.15) is 0 Å². The fourth-order valence-electron chi connectivity index (χ4n) is 1.90. The Balaban J connectivity index is 2.38. The first-order valence-electron chi connectivity index (χ1n) is 6.02. The molecule has 2 heteroatoms. The van der Waals surface area contributed by atoms with Gasteiger partial charge in [-0.1, -0.05) is 54.9 Å². The lowest BCUT2D eigenvalue weighted by Gasteiger charge is -2.07. The maximum absolute atomic E-state index is 12.4. The van der Waals surface area contributed by atoms with E-state index in [0.717, 1.165) is 12.0 Å². The minimum absolute atomic E-state index is 0.0256. The van der Waals surface area contributed by atoms with Gasteiger partial charge in [-0.15, -0.1) is 0 Å². The molecule has 0 spiro atoms. The van der Waals surface area contributed by atoms with Gasteiger partial charge in [0.15, 0.2) is 5.78 Å². The summed E-state index contributed by atoms with van der Waals surface area (Å²) in [6, 6.07) is 13.2. The van der Waals surface area contributed by atoms with Gasteiger partial charge < -0.3 is 0 Å². The van der Waals surface area contributed by atoms with E-state index in [1.165, 1.54) is 5.56 Å². The average molecular weight is 259 g/mol. The molecule has 2 aromatic carbocycles. The molecule has 0 bridgehead atoms. The van der Waals surface area contributed by atoms with Crippen molar-refractivity contribution in [3.63, 3.8) is 0 Å². The van der Waals surface area contributed by atoms with Crippen LogP contribution in [0.3, 0.4) is 0 Å². The van der Waals surface area contributed by atoms with Crippen LogP contribution in [0.15, 0.2) is 42.5 Å². The van der Waals surface area contributed by atoms with Crippen molar-refractivity contribution in [2.45, 2.75) is 20.3 Å². The van der Waals surface area contributed by atoms with Crippen molar-refractivity contribution in [2.75, 3.05) is 0 Å². The van der Waals surface area contributed by atoms with E-state index in [4.69, 9.17) is 11.6 Å². The summed E-state index contributed by atoms with van der Waals surface area (Å²) < 4.78 is 0. The topological polar surface area (TPSA) is 17.1 Å². The maximum atomic E-state index is 12.4. The summed E-state index contributed by atoms with van der Waals surface area (Å²) in [4.78, 5) is 12.4. The van der Waals surface area contributed by atoms with Crippen molar-refractivity contribution in [1.29, 1.82) is 0 Å². The van der Waals surface area contributed by atoms with Crippen LogP contribution in [0.25, 0.3) is 0 Å². The second-order valence-corrected chi connectivity index (χ2v) is 4.70. The van der Waals surface area contributed by atoms with Gasteiger partial charge in [0, 0.05) is 16.1 Å². The van der Waals surface area contributed by atoms with Gasteiger partial charge >= 0.3 is 0 Å². The van der Waals surface area contributed by atoms with E-state index >= 15 is 0 Å². The summed E-state index contributed by atoms with van der Waals surface area (Å²) in [7, 11) is 0. The molecular weight excluding hydrogens is 244 g/mol. The van der Waals surface area contributed by atoms with E-state index < -0.39 is 0 Å². The highest BCUT2D eigenvalue weighted by atomic mass is 35.5. The van der Waals surface area contributed by atoms with E-state index in [0.29, 0.717) is 16.1 Å². The maximum Gasteiger partial charge on any atom is 0.193 e. The molecule has 2 rings (SSSR count). The van der Waals surface area contributed by atoms with Gasteiger partial charge in [0.05, 0.1) is 0 Å². The highest BCUT2D eigenvalue weighted by molar-refractivity contribution is 6.32. The van der Waals surface area contributed by atoms with Gasteiger partial charge in [0.25, 0.3) is 0 Å². The van der Waals surface area contributed by atoms with Crippen molar-refractivity contribution in [2.24, 2.45) is 0 Å². The highest BCUT2D eigenvalue weighted by Crippen LogP contribution is 2.21. The Bertz CT molecular complexity index is 570. The van der Waals surface area contributed by atoms with Crippen LogP contribution in [-0.2, 0) is 6.42 Å². The summed E-state index contributed by atoms with van der Waals surface area (Å²) in [5, 5.41) is 0.631. The average Bonchev–Trinajstić information content (AvgIpc) is 2.41. The van der Waals surface area contributed by atoms with E-state index in [-0.39, 0.29) is 5.78 Å². The first-order chi connectivity index (χ1) is 8.63. The van der Waals surface area contributed by atoms with Crippen LogP contribution >= 0.6 is 11.6 Å². The zero-order chi connectivity index (χ0) is 13.1. The van der Waals surface area contributed by atoms with Crippen LogP contribution in [0, 0.1) is 6.92 Å². The molecule has 0 heterocycles. The van der Waals surface area contributed by atoms with E-state index in [1.54, 1.807) is 6.07 Å². The third-order valence-corrected chi connectivity index (χ3v) is 3.55. The monoisotopic (exact) mass is 258 g/mol. The molecule has 0 fully saturated rings. The van der Waals surface area contributed by atoms with Crippen LogP contribution in [0.4, 0.5) is 0 Å². The third-order valence-electron chi connectivity index (χ3n) is 3.14. The number of hydrogen-bond acceptors (Lipinski definition) is 1. The van der Waals surface area contributed by atoms with Gasteiger partial charge in [-0.25, -0.2) is 0 Å². The Morgan fingerprint density at radius 2 is 1.78 bits per heavy atom. The summed E-state index contributed by atoms with van der Waals surface area (Å²) in [5.41, 5.74) is 3.45. The number of hydrogen-bond donors (Lipinski definition) is 0. The molecule has 0 saturated heterocycles. The molecule has 0 aliphatic rings. The molecule has 0 amide bonds. The van der Waals surface area contributed by atoms with Crippen molar-refractivity contribution in [3.8, 4) is 0 Å². The first-order valence-corrected chi connectivity index (χ1v) is 6.40. The normalized spacial score (nSPS) is 10.4. The molecule has 0 aliphatic heterocycles. The Kier molecular flexibility index (Phi) is 3.83. The molecule has 0 unspecified atom stereocenters. The van der Waals surface area contributed by atoms with Gasteiger partial charge in [0.2, 0.25) is 0 Å². The largest absolute Gasteiger partial charge is 0.289 e. The van der Waals surface area contributed by atoms with E-state index in [1.807, 2.05) is 43.3 Å². The van der Waals surface area contributed by atoms with Crippen molar-refractivity contribution >= 4 is 17.4 Å². The third kappa shape index (κ3) is 2.46. The van der Waals surface area contributed by atoms with E-state index in [2.05, 4.69) is 6.92 Å². The van der Waals surface area contributed by atoms with Crippen LogP contribution < -0.4 is 0 Å². The number of halogens is 1. The van der Waals surface area contributed by atoms with Gasteiger partial charge in [-0.05, 0) is 30.5 Å². The number of rotatable bonds is 3. The fourth-order valence-corrected chi connectivity index (χ4v) is 2.08. The number of benzene rings is 2. The molecule has 2 aromatic rings. The molecule has 92 valence electrons.